The van der Waals surface area contributed by atoms with Gasteiger partial charge in [0, 0.05) is 24.6 Å². The van der Waals surface area contributed by atoms with Crippen molar-refractivity contribution in [3.8, 4) is 0 Å². The third-order valence-electron chi connectivity index (χ3n) is 4.43. The second-order valence-corrected chi connectivity index (χ2v) is 6.81. The second kappa shape index (κ2) is 6.24. The van der Waals surface area contributed by atoms with Gasteiger partial charge in [0.1, 0.15) is 0 Å². The number of aliphatic hydroxyl groups excluding tert-OH is 1. The lowest BCUT2D eigenvalue weighted by molar-refractivity contribution is -0.133. The first kappa shape index (κ1) is 14.0. The Bertz CT molecular complexity index is 449. The molecule has 110 valence electrons. The van der Waals surface area contributed by atoms with Gasteiger partial charge in [0.2, 0.25) is 5.91 Å². The average Bonchev–Trinajstić information content (AvgIpc) is 3.19. The number of carbonyl (C=O) groups is 1. The summed E-state index contributed by atoms with van der Waals surface area (Å²) in [6.45, 7) is 3.44. The van der Waals surface area contributed by atoms with E-state index in [1.54, 1.807) is 11.3 Å². The number of thiophene rings is 1. The Hall–Kier alpha value is -0.910. The summed E-state index contributed by atoms with van der Waals surface area (Å²) >= 11 is 1.75. The molecular weight excluding hydrogens is 272 g/mol. The molecule has 2 saturated heterocycles. The standard InChI is InChI=1S/C15H22N2O2S/c18-11-12-5-7-16(9-12)10-15(19)17-6-1-3-13(17)14-4-2-8-20-14/h2,4,8,12-13,18H,1,3,5-7,9-11H2. The van der Waals surface area contributed by atoms with Crippen LogP contribution in [0.4, 0.5) is 0 Å². The summed E-state index contributed by atoms with van der Waals surface area (Å²) in [5.74, 6) is 0.606. The number of aliphatic hydroxyl groups is 1. The lowest BCUT2D eigenvalue weighted by Crippen LogP contribution is -2.39. The van der Waals surface area contributed by atoms with Crippen LogP contribution in [0.1, 0.15) is 30.2 Å². The molecule has 2 unspecified atom stereocenters. The molecule has 20 heavy (non-hydrogen) atoms. The molecule has 0 saturated carbocycles. The molecule has 2 fully saturated rings. The van der Waals surface area contributed by atoms with E-state index < -0.39 is 0 Å². The molecule has 5 heteroatoms. The molecule has 0 spiro atoms. The van der Waals surface area contributed by atoms with Crippen LogP contribution in [0.25, 0.3) is 0 Å². The molecule has 0 aliphatic carbocycles. The van der Waals surface area contributed by atoms with Crippen molar-refractivity contribution in [1.29, 1.82) is 0 Å². The number of hydrogen-bond donors (Lipinski definition) is 1. The minimum Gasteiger partial charge on any atom is -0.396 e. The fourth-order valence-electron chi connectivity index (χ4n) is 3.33. The lowest BCUT2D eigenvalue weighted by atomic mass is 10.1. The molecule has 1 aromatic rings. The van der Waals surface area contributed by atoms with Crippen LogP contribution in [0.2, 0.25) is 0 Å². The normalized spacial score (nSPS) is 27.4. The molecule has 1 N–H and O–H groups in total. The number of hydrogen-bond acceptors (Lipinski definition) is 4. The Morgan fingerprint density at radius 1 is 1.40 bits per heavy atom. The summed E-state index contributed by atoms with van der Waals surface area (Å²) in [5.41, 5.74) is 0. The molecule has 4 nitrogen and oxygen atoms in total. The van der Waals surface area contributed by atoms with Gasteiger partial charge in [-0.05, 0) is 43.2 Å². The first-order valence-electron chi connectivity index (χ1n) is 7.44. The molecule has 2 atom stereocenters. The van der Waals surface area contributed by atoms with Gasteiger partial charge in [-0.1, -0.05) is 6.07 Å². The van der Waals surface area contributed by atoms with Crippen LogP contribution >= 0.6 is 11.3 Å². The Kier molecular flexibility index (Phi) is 4.38. The Labute approximate surface area is 124 Å². The average molecular weight is 294 g/mol. The highest BCUT2D eigenvalue weighted by atomic mass is 32.1. The number of amides is 1. The molecule has 1 aromatic heterocycles. The quantitative estimate of drug-likeness (QED) is 0.919. The van der Waals surface area contributed by atoms with Crippen molar-refractivity contribution >= 4 is 17.2 Å². The van der Waals surface area contributed by atoms with Gasteiger partial charge in [-0.15, -0.1) is 11.3 Å². The summed E-state index contributed by atoms with van der Waals surface area (Å²) in [7, 11) is 0. The third-order valence-corrected chi connectivity index (χ3v) is 5.41. The zero-order chi connectivity index (χ0) is 13.9. The SMILES string of the molecule is O=C(CN1CCC(CO)C1)N1CCCC1c1cccs1. The van der Waals surface area contributed by atoms with Crippen molar-refractivity contribution in [3.05, 3.63) is 22.4 Å². The lowest BCUT2D eigenvalue weighted by Gasteiger charge is -2.26. The van der Waals surface area contributed by atoms with Crippen LogP contribution < -0.4 is 0 Å². The number of likely N-dealkylation sites (tertiary alicyclic amines) is 2. The summed E-state index contributed by atoms with van der Waals surface area (Å²) < 4.78 is 0. The maximum absolute atomic E-state index is 12.5. The van der Waals surface area contributed by atoms with Gasteiger partial charge in [-0.2, -0.15) is 0 Å². The van der Waals surface area contributed by atoms with Gasteiger partial charge >= 0.3 is 0 Å². The highest BCUT2D eigenvalue weighted by Gasteiger charge is 2.32. The van der Waals surface area contributed by atoms with E-state index in [-0.39, 0.29) is 12.5 Å². The number of rotatable bonds is 4. The van der Waals surface area contributed by atoms with E-state index in [1.165, 1.54) is 4.88 Å². The van der Waals surface area contributed by atoms with Gasteiger partial charge in [0.15, 0.2) is 0 Å². The van der Waals surface area contributed by atoms with Crippen LogP contribution in [0, 0.1) is 5.92 Å². The smallest absolute Gasteiger partial charge is 0.237 e. The molecule has 0 aromatic carbocycles. The fourth-order valence-corrected chi connectivity index (χ4v) is 4.20. The Morgan fingerprint density at radius 3 is 3.00 bits per heavy atom. The zero-order valence-corrected chi connectivity index (χ0v) is 12.5. The maximum atomic E-state index is 12.5. The first-order valence-corrected chi connectivity index (χ1v) is 8.32. The fraction of sp³-hybridized carbons (Fsp3) is 0.667. The predicted octanol–water partition coefficient (Wildman–Crippen LogP) is 1.73. The topological polar surface area (TPSA) is 43.8 Å². The predicted molar refractivity (Wildman–Crippen MR) is 79.6 cm³/mol. The molecule has 2 aliphatic rings. The summed E-state index contributed by atoms with van der Waals surface area (Å²) in [4.78, 5) is 18.1. The van der Waals surface area contributed by atoms with Crippen LogP contribution in [0.5, 0.6) is 0 Å². The monoisotopic (exact) mass is 294 g/mol. The van der Waals surface area contributed by atoms with Gasteiger partial charge in [0.05, 0.1) is 12.6 Å². The number of carbonyl (C=O) groups excluding carboxylic acids is 1. The molecule has 0 bridgehead atoms. The van der Waals surface area contributed by atoms with Crippen LogP contribution in [-0.2, 0) is 4.79 Å². The van der Waals surface area contributed by atoms with Crippen molar-refractivity contribution in [2.75, 3.05) is 32.8 Å². The van der Waals surface area contributed by atoms with E-state index in [4.69, 9.17) is 0 Å². The summed E-state index contributed by atoms with van der Waals surface area (Å²) in [6.07, 6.45) is 3.21. The molecule has 1 amide bonds. The van der Waals surface area contributed by atoms with Gasteiger partial charge in [-0.3, -0.25) is 9.69 Å². The summed E-state index contributed by atoms with van der Waals surface area (Å²) in [6, 6.07) is 4.49. The van der Waals surface area contributed by atoms with Gasteiger partial charge in [0.25, 0.3) is 0 Å². The van der Waals surface area contributed by atoms with E-state index in [0.29, 0.717) is 18.5 Å². The van der Waals surface area contributed by atoms with Gasteiger partial charge < -0.3 is 10.0 Å². The molecule has 0 radical (unpaired) electrons. The Morgan fingerprint density at radius 2 is 2.30 bits per heavy atom. The molecule has 3 rings (SSSR count). The number of nitrogens with zero attached hydrogens (tertiary/aromatic N) is 2. The van der Waals surface area contributed by atoms with E-state index >= 15 is 0 Å². The highest BCUT2D eigenvalue weighted by molar-refractivity contribution is 7.10. The van der Waals surface area contributed by atoms with Crippen LogP contribution in [0.3, 0.4) is 0 Å². The summed E-state index contributed by atoms with van der Waals surface area (Å²) in [5, 5.41) is 11.3. The highest BCUT2D eigenvalue weighted by Crippen LogP contribution is 2.34. The maximum Gasteiger partial charge on any atom is 0.237 e. The minimum atomic E-state index is 0.242. The van der Waals surface area contributed by atoms with Crippen molar-refractivity contribution < 1.29 is 9.90 Å². The third kappa shape index (κ3) is 2.90. The van der Waals surface area contributed by atoms with E-state index in [1.807, 2.05) is 0 Å². The van der Waals surface area contributed by atoms with E-state index in [2.05, 4.69) is 27.3 Å². The zero-order valence-electron chi connectivity index (χ0n) is 11.7. The second-order valence-electron chi connectivity index (χ2n) is 5.83. The Balaban J connectivity index is 1.59. The van der Waals surface area contributed by atoms with Gasteiger partial charge in [-0.25, -0.2) is 0 Å². The van der Waals surface area contributed by atoms with E-state index in [9.17, 15) is 9.90 Å². The molecule has 2 aliphatic heterocycles. The molecular formula is C15H22N2O2S. The van der Waals surface area contributed by atoms with Crippen molar-refractivity contribution in [2.24, 2.45) is 5.92 Å². The molecule has 3 heterocycles. The largest absolute Gasteiger partial charge is 0.396 e. The van der Waals surface area contributed by atoms with E-state index in [0.717, 1.165) is 38.9 Å². The van der Waals surface area contributed by atoms with Crippen LogP contribution in [0.15, 0.2) is 17.5 Å². The van der Waals surface area contributed by atoms with Crippen LogP contribution in [-0.4, -0.2) is 53.6 Å². The first-order chi connectivity index (χ1) is 9.78. The van der Waals surface area contributed by atoms with Crippen molar-refractivity contribution in [2.45, 2.75) is 25.3 Å². The van der Waals surface area contributed by atoms with Crippen molar-refractivity contribution in [3.63, 3.8) is 0 Å². The minimum absolute atomic E-state index is 0.242. The van der Waals surface area contributed by atoms with Crippen molar-refractivity contribution in [1.82, 2.24) is 9.80 Å².